The molecule has 0 saturated heterocycles. The maximum atomic E-state index is 11.6. The number of rotatable bonds is 3. The van der Waals surface area contributed by atoms with Crippen LogP contribution in [0.1, 0.15) is 17.6 Å². The second-order valence-electron chi connectivity index (χ2n) is 3.81. The average molecular weight is 252 g/mol. The van der Waals surface area contributed by atoms with Crippen molar-refractivity contribution < 1.29 is 15.3 Å². The molecule has 2 aromatic rings. The molecule has 0 aromatic carbocycles. The molecule has 0 spiro atoms. The number of aliphatic hydroxyl groups is 3. The first-order chi connectivity index (χ1) is 8.52. The van der Waals surface area contributed by atoms with Crippen molar-refractivity contribution in [2.24, 2.45) is 0 Å². The zero-order chi connectivity index (χ0) is 13.3. The van der Waals surface area contributed by atoms with Gasteiger partial charge in [0.15, 0.2) is 11.2 Å². The largest absolute Gasteiger partial charge is 0.394 e. The van der Waals surface area contributed by atoms with Crippen molar-refractivity contribution in [1.82, 2.24) is 19.9 Å². The highest BCUT2D eigenvalue weighted by molar-refractivity contribution is 5.67. The van der Waals surface area contributed by atoms with E-state index in [1.165, 1.54) is 6.20 Å². The summed E-state index contributed by atoms with van der Waals surface area (Å²) in [6, 6.07) is 0. The van der Waals surface area contributed by atoms with E-state index in [-0.39, 0.29) is 16.9 Å². The summed E-state index contributed by atoms with van der Waals surface area (Å²) in [6.07, 6.45) is -1.58. The summed E-state index contributed by atoms with van der Waals surface area (Å²) in [7, 11) is 0. The molecule has 0 saturated carbocycles. The maximum Gasteiger partial charge on any atom is 0.279 e. The van der Waals surface area contributed by atoms with E-state index in [0.717, 1.165) is 0 Å². The van der Waals surface area contributed by atoms with E-state index in [0.29, 0.717) is 5.82 Å². The number of fused-ring (bicyclic) bond motifs is 1. The van der Waals surface area contributed by atoms with E-state index in [9.17, 15) is 15.0 Å². The minimum atomic E-state index is -1.41. The molecule has 0 fully saturated rings. The lowest BCUT2D eigenvalue weighted by molar-refractivity contribution is -0.0173. The van der Waals surface area contributed by atoms with Crippen LogP contribution in [0.3, 0.4) is 0 Å². The fourth-order valence-corrected chi connectivity index (χ4v) is 1.48. The molecule has 2 aromatic heterocycles. The number of aryl methyl sites for hydroxylation is 1. The number of aromatic amines is 1. The van der Waals surface area contributed by atoms with Crippen LogP contribution < -0.4 is 5.56 Å². The third-order valence-electron chi connectivity index (χ3n) is 2.41. The SMILES string of the molecule is Cc1nc2ncc([C@H](O)[C@H](O)CO)nc2c(=O)[nH]1. The van der Waals surface area contributed by atoms with Gasteiger partial charge < -0.3 is 20.3 Å². The van der Waals surface area contributed by atoms with Crippen LogP contribution in [0.5, 0.6) is 0 Å². The molecule has 2 rings (SSSR count). The predicted octanol–water partition coefficient (Wildman–Crippen LogP) is -1.59. The molecule has 0 amide bonds. The summed E-state index contributed by atoms with van der Waals surface area (Å²) in [5.41, 5.74) is -0.342. The number of nitrogens with one attached hydrogen (secondary N) is 1. The smallest absolute Gasteiger partial charge is 0.279 e. The van der Waals surface area contributed by atoms with Gasteiger partial charge in [-0.05, 0) is 6.92 Å². The Morgan fingerprint density at radius 1 is 1.39 bits per heavy atom. The molecule has 96 valence electrons. The standard InChI is InChI=1S/C10H12N4O4/c1-4-12-9-7(10(18)13-4)14-5(2-11-9)8(17)6(16)3-15/h2,6,8,15-17H,3H2,1H3,(H,11,12,13,18)/t6-,8+/m1/s1. The lowest BCUT2D eigenvalue weighted by Gasteiger charge is -2.14. The Balaban J connectivity index is 2.54. The van der Waals surface area contributed by atoms with Crippen molar-refractivity contribution >= 4 is 11.2 Å². The number of H-pyrrole nitrogens is 1. The third-order valence-corrected chi connectivity index (χ3v) is 2.41. The minimum absolute atomic E-state index is 0.000188. The van der Waals surface area contributed by atoms with Crippen LogP contribution in [0.2, 0.25) is 0 Å². The van der Waals surface area contributed by atoms with Gasteiger partial charge in [-0.1, -0.05) is 0 Å². The van der Waals surface area contributed by atoms with Crippen LogP contribution in [-0.2, 0) is 0 Å². The molecule has 2 heterocycles. The first-order valence-electron chi connectivity index (χ1n) is 5.23. The quantitative estimate of drug-likeness (QED) is 0.517. The summed E-state index contributed by atoms with van der Waals surface area (Å²) in [4.78, 5) is 25.9. The fourth-order valence-electron chi connectivity index (χ4n) is 1.48. The number of aromatic nitrogens is 4. The highest BCUT2D eigenvalue weighted by Gasteiger charge is 2.20. The summed E-state index contributed by atoms with van der Waals surface area (Å²) in [6.45, 7) is 0.990. The molecule has 2 atom stereocenters. The summed E-state index contributed by atoms with van der Waals surface area (Å²) in [5.74, 6) is 0.408. The zero-order valence-corrected chi connectivity index (χ0v) is 9.53. The van der Waals surface area contributed by atoms with E-state index >= 15 is 0 Å². The molecule has 0 aliphatic heterocycles. The Hall–Kier alpha value is -1.90. The van der Waals surface area contributed by atoms with Gasteiger partial charge in [0.25, 0.3) is 5.56 Å². The molecule has 8 nitrogen and oxygen atoms in total. The average Bonchev–Trinajstić information content (AvgIpc) is 2.36. The van der Waals surface area contributed by atoms with Crippen molar-refractivity contribution in [3.8, 4) is 0 Å². The molecule has 8 heteroatoms. The molecule has 0 aliphatic rings. The van der Waals surface area contributed by atoms with Crippen LogP contribution in [0.4, 0.5) is 0 Å². The second-order valence-corrected chi connectivity index (χ2v) is 3.81. The molecule has 0 radical (unpaired) electrons. The number of aliphatic hydroxyl groups excluding tert-OH is 3. The monoisotopic (exact) mass is 252 g/mol. The molecule has 4 N–H and O–H groups in total. The van der Waals surface area contributed by atoms with E-state index in [1.807, 2.05) is 0 Å². The Morgan fingerprint density at radius 3 is 2.78 bits per heavy atom. The van der Waals surface area contributed by atoms with E-state index in [2.05, 4.69) is 19.9 Å². The van der Waals surface area contributed by atoms with Crippen LogP contribution in [-0.4, -0.2) is 48.0 Å². The van der Waals surface area contributed by atoms with E-state index in [4.69, 9.17) is 5.11 Å². The molecular formula is C10H12N4O4. The van der Waals surface area contributed by atoms with Crippen LogP contribution in [0, 0.1) is 6.92 Å². The highest BCUT2D eigenvalue weighted by atomic mass is 16.4. The second kappa shape index (κ2) is 4.77. The predicted molar refractivity (Wildman–Crippen MR) is 60.7 cm³/mol. The molecule has 0 aliphatic carbocycles. The number of nitrogens with zero attached hydrogens (tertiary/aromatic N) is 3. The third kappa shape index (κ3) is 2.21. The Bertz CT molecular complexity index is 627. The van der Waals surface area contributed by atoms with Gasteiger partial charge in [0, 0.05) is 0 Å². The van der Waals surface area contributed by atoms with Crippen molar-refractivity contribution in [3.63, 3.8) is 0 Å². The van der Waals surface area contributed by atoms with Crippen molar-refractivity contribution in [2.45, 2.75) is 19.1 Å². The minimum Gasteiger partial charge on any atom is -0.394 e. The van der Waals surface area contributed by atoms with Crippen LogP contribution in [0.15, 0.2) is 11.0 Å². The molecule has 0 bridgehead atoms. The fraction of sp³-hybridized carbons (Fsp3) is 0.400. The van der Waals surface area contributed by atoms with E-state index in [1.54, 1.807) is 6.92 Å². The lowest BCUT2D eigenvalue weighted by Crippen LogP contribution is -2.24. The molecule has 0 unspecified atom stereocenters. The van der Waals surface area contributed by atoms with Crippen LogP contribution >= 0.6 is 0 Å². The normalized spacial score (nSPS) is 14.7. The van der Waals surface area contributed by atoms with E-state index < -0.39 is 24.4 Å². The van der Waals surface area contributed by atoms with Crippen molar-refractivity contribution in [3.05, 3.63) is 28.1 Å². The first-order valence-corrected chi connectivity index (χ1v) is 5.23. The molecule has 18 heavy (non-hydrogen) atoms. The van der Waals surface area contributed by atoms with Gasteiger partial charge in [-0.2, -0.15) is 0 Å². The van der Waals surface area contributed by atoms with Gasteiger partial charge in [-0.15, -0.1) is 0 Å². The highest BCUT2D eigenvalue weighted by Crippen LogP contribution is 2.14. The van der Waals surface area contributed by atoms with Gasteiger partial charge in [0.05, 0.1) is 18.5 Å². The van der Waals surface area contributed by atoms with Crippen molar-refractivity contribution in [1.29, 1.82) is 0 Å². The van der Waals surface area contributed by atoms with Crippen molar-refractivity contribution in [2.75, 3.05) is 6.61 Å². The summed E-state index contributed by atoms with van der Waals surface area (Å²) in [5, 5.41) is 27.7. The van der Waals surface area contributed by atoms with Gasteiger partial charge >= 0.3 is 0 Å². The van der Waals surface area contributed by atoms with Gasteiger partial charge in [0.2, 0.25) is 0 Å². The first kappa shape index (κ1) is 12.6. The van der Waals surface area contributed by atoms with Gasteiger partial charge in [-0.3, -0.25) is 4.79 Å². The number of hydrogen-bond donors (Lipinski definition) is 4. The zero-order valence-electron chi connectivity index (χ0n) is 9.53. The lowest BCUT2D eigenvalue weighted by atomic mass is 10.1. The number of hydrogen-bond acceptors (Lipinski definition) is 7. The Morgan fingerprint density at radius 2 is 2.11 bits per heavy atom. The Kier molecular flexibility index (Phi) is 3.32. The summed E-state index contributed by atoms with van der Waals surface area (Å²) < 4.78 is 0. The van der Waals surface area contributed by atoms with Crippen LogP contribution in [0.25, 0.3) is 11.2 Å². The molecular weight excluding hydrogens is 240 g/mol. The summed E-state index contributed by atoms with van der Waals surface area (Å²) >= 11 is 0. The maximum absolute atomic E-state index is 11.6. The van der Waals surface area contributed by atoms with Gasteiger partial charge in [0.1, 0.15) is 18.0 Å². The topological polar surface area (TPSA) is 132 Å². The van der Waals surface area contributed by atoms with Gasteiger partial charge in [-0.25, -0.2) is 15.0 Å². The Labute approximate surface area is 101 Å².